The minimum atomic E-state index is 0.0502. The molecular weight excluding hydrogens is 416 g/mol. The van der Waals surface area contributed by atoms with Crippen LogP contribution >= 0.6 is 0 Å². The van der Waals surface area contributed by atoms with E-state index in [0.29, 0.717) is 25.3 Å². The zero-order chi connectivity index (χ0) is 23.0. The van der Waals surface area contributed by atoms with Crippen LogP contribution in [0.3, 0.4) is 0 Å². The van der Waals surface area contributed by atoms with Gasteiger partial charge in [-0.3, -0.25) is 4.79 Å². The Bertz CT molecular complexity index is 1050. The van der Waals surface area contributed by atoms with E-state index in [2.05, 4.69) is 22.0 Å². The number of hydrogen-bond donors (Lipinski definition) is 0. The number of rotatable bonds is 8. The van der Waals surface area contributed by atoms with E-state index < -0.39 is 0 Å². The maximum absolute atomic E-state index is 12.9. The SMILES string of the molecule is CCCCOc1ccc(C(=O)N2CCN(c3ccc(-c4cccc(OC)c4)nn3)CC2)cc1. The van der Waals surface area contributed by atoms with Crippen molar-refractivity contribution in [3.8, 4) is 22.8 Å². The van der Waals surface area contributed by atoms with E-state index in [1.54, 1.807) is 7.11 Å². The first-order chi connectivity index (χ1) is 16.2. The fraction of sp³-hybridized carbons (Fsp3) is 0.346. The van der Waals surface area contributed by atoms with E-state index in [1.165, 1.54) is 0 Å². The number of nitrogens with zero attached hydrogens (tertiary/aromatic N) is 4. The molecule has 0 spiro atoms. The smallest absolute Gasteiger partial charge is 0.253 e. The van der Waals surface area contributed by atoms with Gasteiger partial charge in [0.25, 0.3) is 5.91 Å². The molecule has 0 aliphatic carbocycles. The lowest BCUT2D eigenvalue weighted by Crippen LogP contribution is -2.49. The molecule has 2 heterocycles. The van der Waals surface area contributed by atoms with Crippen LogP contribution < -0.4 is 14.4 Å². The Hall–Kier alpha value is -3.61. The van der Waals surface area contributed by atoms with Gasteiger partial charge in [-0.2, -0.15) is 0 Å². The molecule has 0 unspecified atom stereocenters. The number of anilines is 1. The van der Waals surface area contributed by atoms with Gasteiger partial charge in [-0.05, 0) is 55.0 Å². The third-order valence-electron chi connectivity index (χ3n) is 5.77. The molecule has 0 bridgehead atoms. The van der Waals surface area contributed by atoms with Crippen molar-refractivity contribution >= 4 is 11.7 Å². The Balaban J connectivity index is 1.32. The largest absolute Gasteiger partial charge is 0.497 e. The molecule has 172 valence electrons. The molecule has 0 N–H and O–H groups in total. The van der Waals surface area contributed by atoms with Crippen molar-refractivity contribution in [2.24, 2.45) is 0 Å². The number of aromatic nitrogens is 2. The second-order valence-corrected chi connectivity index (χ2v) is 8.01. The molecule has 3 aromatic rings. The predicted molar refractivity (Wildman–Crippen MR) is 129 cm³/mol. The van der Waals surface area contributed by atoms with Crippen LogP contribution in [0.25, 0.3) is 11.3 Å². The number of hydrogen-bond acceptors (Lipinski definition) is 6. The Labute approximate surface area is 195 Å². The number of piperazine rings is 1. The summed E-state index contributed by atoms with van der Waals surface area (Å²) in [7, 11) is 1.65. The highest BCUT2D eigenvalue weighted by atomic mass is 16.5. The summed E-state index contributed by atoms with van der Waals surface area (Å²) in [5.74, 6) is 2.47. The topological polar surface area (TPSA) is 67.8 Å². The standard InChI is InChI=1S/C26H30N4O3/c1-3-4-18-33-22-10-8-20(9-11-22)26(31)30-16-14-29(15-17-30)25-13-12-24(27-28-25)21-6-5-7-23(19-21)32-2/h5-13,19H,3-4,14-18H2,1-2H3. The lowest BCUT2D eigenvalue weighted by molar-refractivity contribution is 0.0746. The molecular formula is C26H30N4O3. The van der Waals surface area contributed by atoms with Crippen LogP contribution in [-0.2, 0) is 0 Å². The van der Waals surface area contributed by atoms with Crippen LogP contribution in [0.15, 0.2) is 60.7 Å². The van der Waals surface area contributed by atoms with Gasteiger partial charge < -0.3 is 19.3 Å². The van der Waals surface area contributed by atoms with Crippen molar-refractivity contribution in [3.05, 3.63) is 66.2 Å². The zero-order valence-corrected chi connectivity index (χ0v) is 19.2. The molecule has 1 aromatic heterocycles. The van der Waals surface area contributed by atoms with Crippen molar-refractivity contribution < 1.29 is 14.3 Å². The normalized spacial score (nSPS) is 13.6. The van der Waals surface area contributed by atoms with Gasteiger partial charge in [-0.15, -0.1) is 10.2 Å². The number of carbonyl (C=O) groups is 1. The molecule has 0 radical (unpaired) electrons. The average molecular weight is 447 g/mol. The van der Waals surface area contributed by atoms with Gasteiger partial charge >= 0.3 is 0 Å². The number of carbonyl (C=O) groups excluding carboxylic acids is 1. The van der Waals surface area contributed by atoms with Crippen LogP contribution in [0, 0.1) is 0 Å². The predicted octanol–water partition coefficient (Wildman–Crippen LogP) is 4.29. The second kappa shape index (κ2) is 10.8. The maximum Gasteiger partial charge on any atom is 0.253 e. The first-order valence-electron chi connectivity index (χ1n) is 11.4. The highest BCUT2D eigenvalue weighted by molar-refractivity contribution is 5.94. The van der Waals surface area contributed by atoms with Crippen molar-refractivity contribution in [2.45, 2.75) is 19.8 Å². The summed E-state index contributed by atoms with van der Waals surface area (Å²) < 4.78 is 11.0. The van der Waals surface area contributed by atoms with E-state index >= 15 is 0 Å². The van der Waals surface area contributed by atoms with Gasteiger partial charge in [0.1, 0.15) is 11.5 Å². The fourth-order valence-electron chi connectivity index (χ4n) is 3.78. The van der Waals surface area contributed by atoms with E-state index in [9.17, 15) is 4.79 Å². The molecule has 1 aliphatic rings. The van der Waals surface area contributed by atoms with Crippen LogP contribution in [0.2, 0.25) is 0 Å². The minimum absolute atomic E-state index is 0.0502. The van der Waals surface area contributed by atoms with E-state index in [1.807, 2.05) is 65.6 Å². The van der Waals surface area contributed by atoms with E-state index in [0.717, 1.165) is 54.5 Å². The highest BCUT2D eigenvalue weighted by Gasteiger charge is 2.23. The van der Waals surface area contributed by atoms with Gasteiger partial charge in [0.15, 0.2) is 5.82 Å². The molecule has 0 saturated carbocycles. The Morgan fingerprint density at radius 1 is 0.939 bits per heavy atom. The number of methoxy groups -OCH3 is 1. The van der Waals surface area contributed by atoms with Crippen molar-refractivity contribution in [1.82, 2.24) is 15.1 Å². The van der Waals surface area contributed by atoms with Crippen molar-refractivity contribution in [1.29, 1.82) is 0 Å². The first-order valence-corrected chi connectivity index (χ1v) is 11.4. The summed E-state index contributed by atoms with van der Waals surface area (Å²) in [5.41, 5.74) is 2.45. The molecule has 2 aromatic carbocycles. The van der Waals surface area contributed by atoms with Crippen LogP contribution in [0.5, 0.6) is 11.5 Å². The van der Waals surface area contributed by atoms with Gasteiger partial charge in [0.05, 0.1) is 19.4 Å². The lowest BCUT2D eigenvalue weighted by atomic mass is 10.1. The number of unbranched alkanes of at least 4 members (excludes halogenated alkanes) is 1. The number of benzene rings is 2. The summed E-state index contributed by atoms with van der Waals surface area (Å²) in [6.07, 6.45) is 2.12. The number of amides is 1. The lowest BCUT2D eigenvalue weighted by Gasteiger charge is -2.35. The van der Waals surface area contributed by atoms with Gasteiger partial charge in [-0.25, -0.2) is 0 Å². The molecule has 1 amide bonds. The molecule has 33 heavy (non-hydrogen) atoms. The Morgan fingerprint density at radius 3 is 2.39 bits per heavy atom. The van der Waals surface area contributed by atoms with E-state index in [4.69, 9.17) is 9.47 Å². The number of ether oxygens (including phenoxy) is 2. The Kier molecular flexibility index (Phi) is 7.40. The van der Waals surface area contributed by atoms with Crippen molar-refractivity contribution in [3.63, 3.8) is 0 Å². The molecule has 7 heteroatoms. The minimum Gasteiger partial charge on any atom is -0.497 e. The zero-order valence-electron chi connectivity index (χ0n) is 19.2. The van der Waals surface area contributed by atoms with Gasteiger partial charge in [0.2, 0.25) is 0 Å². The summed E-state index contributed by atoms with van der Waals surface area (Å²) in [5, 5.41) is 8.82. The first kappa shape index (κ1) is 22.6. The third kappa shape index (κ3) is 5.61. The average Bonchev–Trinajstić information content (AvgIpc) is 2.89. The molecule has 1 fully saturated rings. The van der Waals surface area contributed by atoms with Crippen LogP contribution in [0.1, 0.15) is 30.1 Å². The quantitative estimate of drug-likeness (QED) is 0.481. The Morgan fingerprint density at radius 2 is 1.73 bits per heavy atom. The summed E-state index contributed by atoms with van der Waals surface area (Å²) in [6, 6.07) is 19.2. The third-order valence-corrected chi connectivity index (χ3v) is 5.77. The maximum atomic E-state index is 12.9. The molecule has 1 saturated heterocycles. The molecule has 4 rings (SSSR count). The summed E-state index contributed by atoms with van der Waals surface area (Å²) >= 11 is 0. The fourth-order valence-corrected chi connectivity index (χ4v) is 3.78. The molecule has 1 aliphatic heterocycles. The van der Waals surface area contributed by atoms with Crippen LogP contribution in [-0.4, -0.2) is 60.9 Å². The summed E-state index contributed by atoms with van der Waals surface area (Å²) in [4.78, 5) is 17.0. The van der Waals surface area contributed by atoms with Crippen molar-refractivity contribution in [2.75, 3.05) is 44.8 Å². The summed E-state index contributed by atoms with van der Waals surface area (Å²) in [6.45, 7) is 5.57. The second-order valence-electron chi connectivity index (χ2n) is 8.01. The highest BCUT2D eigenvalue weighted by Crippen LogP contribution is 2.23. The molecule has 7 nitrogen and oxygen atoms in total. The molecule has 0 atom stereocenters. The monoisotopic (exact) mass is 446 g/mol. The van der Waals surface area contributed by atoms with Gasteiger partial charge in [-0.1, -0.05) is 25.5 Å². The van der Waals surface area contributed by atoms with Gasteiger partial charge in [0, 0.05) is 37.3 Å². The van der Waals surface area contributed by atoms with Crippen LogP contribution in [0.4, 0.5) is 5.82 Å². The van der Waals surface area contributed by atoms with E-state index in [-0.39, 0.29) is 5.91 Å².